The molecule has 0 amide bonds. The summed E-state index contributed by atoms with van der Waals surface area (Å²) in [6.07, 6.45) is 0.239. The number of rotatable bonds is 5. The highest BCUT2D eigenvalue weighted by molar-refractivity contribution is 5.66. The highest BCUT2D eigenvalue weighted by Gasteiger charge is 2.03. The van der Waals surface area contributed by atoms with Crippen molar-refractivity contribution in [1.29, 1.82) is 0 Å². The van der Waals surface area contributed by atoms with Crippen molar-refractivity contribution in [2.45, 2.75) is 20.3 Å². The molecule has 0 unspecified atom stereocenters. The Kier molecular flexibility index (Phi) is 4.86. The molecule has 0 radical (unpaired) electrons. The largest absolute Gasteiger partial charge is 0.481 e. The van der Waals surface area contributed by atoms with E-state index in [4.69, 9.17) is 5.11 Å². The van der Waals surface area contributed by atoms with Gasteiger partial charge in [-0.1, -0.05) is 13.8 Å². The van der Waals surface area contributed by atoms with Crippen LogP contribution in [0.4, 0.5) is 0 Å². The van der Waals surface area contributed by atoms with Crippen LogP contribution in [0.25, 0.3) is 0 Å². The lowest BCUT2D eigenvalue weighted by Crippen LogP contribution is -2.25. The second-order valence-corrected chi connectivity index (χ2v) is 3.30. The molecule has 0 heterocycles. The summed E-state index contributed by atoms with van der Waals surface area (Å²) in [5.74, 6) is -0.116. The molecule has 0 atom stereocenters. The highest BCUT2D eigenvalue weighted by Crippen LogP contribution is 1.96. The van der Waals surface area contributed by atoms with Crippen LogP contribution in [0.1, 0.15) is 20.3 Å². The van der Waals surface area contributed by atoms with Crippen LogP contribution in [0.2, 0.25) is 0 Å². The second kappa shape index (κ2) is 5.13. The monoisotopic (exact) mass is 159 g/mol. The van der Waals surface area contributed by atoms with Crippen molar-refractivity contribution in [2.24, 2.45) is 5.92 Å². The quantitative estimate of drug-likeness (QED) is 0.651. The minimum atomic E-state index is -0.722. The number of carboxylic acids is 1. The Morgan fingerprint density at radius 3 is 2.45 bits per heavy atom. The number of aliphatic carboxylic acids is 1. The van der Waals surface area contributed by atoms with Gasteiger partial charge in [0, 0.05) is 13.1 Å². The molecule has 0 rings (SSSR count). The maximum atomic E-state index is 10.2. The Bertz CT molecular complexity index is 123. The molecule has 0 aliphatic rings. The summed E-state index contributed by atoms with van der Waals surface area (Å²) < 4.78 is 0. The highest BCUT2D eigenvalue weighted by atomic mass is 16.4. The fourth-order valence-electron chi connectivity index (χ4n) is 1.00. The van der Waals surface area contributed by atoms with Gasteiger partial charge in [-0.05, 0) is 13.0 Å². The van der Waals surface area contributed by atoms with E-state index in [0.29, 0.717) is 12.5 Å². The van der Waals surface area contributed by atoms with Crippen molar-refractivity contribution in [3.63, 3.8) is 0 Å². The van der Waals surface area contributed by atoms with Gasteiger partial charge in [-0.15, -0.1) is 0 Å². The predicted octanol–water partition coefficient (Wildman–Crippen LogP) is 1.05. The van der Waals surface area contributed by atoms with Gasteiger partial charge in [-0.25, -0.2) is 0 Å². The van der Waals surface area contributed by atoms with E-state index in [1.165, 1.54) is 0 Å². The SMILES string of the molecule is CC(C)CN(C)CCC(=O)O. The Hall–Kier alpha value is -0.570. The number of nitrogens with zero attached hydrogens (tertiary/aromatic N) is 1. The first-order valence-corrected chi connectivity index (χ1v) is 3.92. The first-order chi connectivity index (χ1) is 5.02. The summed E-state index contributed by atoms with van der Waals surface area (Å²) in [6, 6.07) is 0. The normalized spacial score (nSPS) is 11.0. The standard InChI is InChI=1S/C8H17NO2/c1-7(2)6-9(3)5-4-8(10)11/h7H,4-6H2,1-3H3,(H,10,11). The zero-order chi connectivity index (χ0) is 8.85. The van der Waals surface area contributed by atoms with Crippen molar-refractivity contribution in [3.8, 4) is 0 Å². The van der Waals surface area contributed by atoms with Gasteiger partial charge in [0.05, 0.1) is 6.42 Å². The third kappa shape index (κ3) is 7.33. The van der Waals surface area contributed by atoms with Gasteiger partial charge >= 0.3 is 5.97 Å². The van der Waals surface area contributed by atoms with Crippen LogP contribution in [0.3, 0.4) is 0 Å². The molecule has 66 valence electrons. The topological polar surface area (TPSA) is 40.5 Å². The molecule has 0 saturated carbocycles. The van der Waals surface area contributed by atoms with Crippen LogP contribution < -0.4 is 0 Å². The number of hydrogen-bond acceptors (Lipinski definition) is 2. The molecule has 0 fully saturated rings. The van der Waals surface area contributed by atoms with E-state index in [1.807, 2.05) is 11.9 Å². The van der Waals surface area contributed by atoms with Crippen molar-refractivity contribution in [2.75, 3.05) is 20.1 Å². The first-order valence-electron chi connectivity index (χ1n) is 3.92. The lowest BCUT2D eigenvalue weighted by atomic mass is 10.2. The minimum absolute atomic E-state index is 0.239. The van der Waals surface area contributed by atoms with Gasteiger partial charge in [0.1, 0.15) is 0 Å². The Balaban J connectivity index is 3.37. The molecule has 0 aromatic carbocycles. The molecule has 0 aromatic heterocycles. The molecule has 3 heteroatoms. The number of carboxylic acid groups (broad SMARTS) is 1. The summed E-state index contributed by atoms with van der Waals surface area (Å²) in [6.45, 7) is 5.86. The zero-order valence-corrected chi connectivity index (χ0v) is 7.50. The van der Waals surface area contributed by atoms with Gasteiger partial charge in [0.15, 0.2) is 0 Å². The molecule has 0 spiro atoms. The van der Waals surface area contributed by atoms with Gasteiger partial charge in [0.2, 0.25) is 0 Å². The van der Waals surface area contributed by atoms with Crippen molar-refractivity contribution < 1.29 is 9.90 Å². The fraction of sp³-hybridized carbons (Fsp3) is 0.875. The molecular weight excluding hydrogens is 142 g/mol. The summed E-state index contributed by atoms with van der Waals surface area (Å²) >= 11 is 0. The summed E-state index contributed by atoms with van der Waals surface area (Å²) in [5.41, 5.74) is 0. The van der Waals surface area contributed by atoms with E-state index in [2.05, 4.69) is 13.8 Å². The average Bonchev–Trinajstić information content (AvgIpc) is 1.82. The minimum Gasteiger partial charge on any atom is -0.481 e. The molecule has 11 heavy (non-hydrogen) atoms. The van der Waals surface area contributed by atoms with Crippen LogP contribution in [0.5, 0.6) is 0 Å². The smallest absolute Gasteiger partial charge is 0.304 e. The maximum absolute atomic E-state index is 10.2. The molecule has 0 aliphatic heterocycles. The summed E-state index contributed by atoms with van der Waals surface area (Å²) in [7, 11) is 1.95. The number of hydrogen-bond donors (Lipinski definition) is 1. The fourth-order valence-corrected chi connectivity index (χ4v) is 1.00. The first kappa shape index (κ1) is 10.4. The molecule has 3 nitrogen and oxygen atoms in total. The molecular formula is C8H17NO2. The van der Waals surface area contributed by atoms with E-state index < -0.39 is 5.97 Å². The van der Waals surface area contributed by atoms with Crippen molar-refractivity contribution in [1.82, 2.24) is 4.90 Å². The molecule has 0 saturated heterocycles. The van der Waals surface area contributed by atoms with Gasteiger partial charge < -0.3 is 10.0 Å². The van der Waals surface area contributed by atoms with Crippen LogP contribution >= 0.6 is 0 Å². The van der Waals surface area contributed by atoms with E-state index in [1.54, 1.807) is 0 Å². The van der Waals surface area contributed by atoms with E-state index >= 15 is 0 Å². The Morgan fingerprint density at radius 1 is 1.55 bits per heavy atom. The third-order valence-electron chi connectivity index (χ3n) is 1.38. The van der Waals surface area contributed by atoms with Crippen molar-refractivity contribution in [3.05, 3.63) is 0 Å². The van der Waals surface area contributed by atoms with Gasteiger partial charge in [-0.3, -0.25) is 4.79 Å². The van der Waals surface area contributed by atoms with Crippen LogP contribution in [0, 0.1) is 5.92 Å². The van der Waals surface area contributed by atoms with E-state index in [9.17, 15) is 4.79 Å². The van der Waals surface area contributed by atoms with Crippen molar-refractivity contribution >= 4 is 5.97 Å². The lowest BCUT2D eigenvalue weighted by Gasteiger charge is -2.17. The zero-order valence-electron chi connectivity index (χ0n) is 7.50. The predicted molar refractivity (Wildman–Crippen MR) is 44.6 cm³/mol. The Morgan fingerprint density at radius 2 is 2.09 bits per heavy atom. The lowest BCUT2D eigenvalue weighted by molar-refractivity contribution is -0.137. The molecule has 1 N–H and O–H groups in total. The third-order valence-corrected chi connectivity index (χ3v) is 1.38. The molecule has 0 aliphatic carbocycles. The average molecular weight is 159 g/mol. The van der Waals surface area contributed by atoms with Gasteiger partial charge in [0.25, 0.3) is 0 Å². The molecule has 0 bridgehead atoms. The second-order valence-electron chi connectivity index (χ2n) is 3.30. The summed E-state index contributed by atoms with van der Waals surface area (Å²) in [4.78, 5) is 12.2. The Labute approximate surface area is 68.0 Å². The van der Waals surface area contributed by atoms with Crippen LogP contribution in [-0.4, -0.2) is 36.1 Å². The van der Waals surface area contributed by atoms with Crippen LogP contribution in [-0.2, 0) is 4.79 Å². The molecule has 0 aromatic rings. The van der Waals surface area contributed by atoms with Crippen LogP contribution in [0.15, 0.2) is 0 Å². The van der Waals surface area contributed by atoms with E-state index in [-0.39, 0.29) is 6.42 Å². The number of carbonyl (C=O) groups is 1. The van der Waals surface area contributed by atoms with Gasteiger partial charge in [-0.2, -0.15) is 0 Å². The summed E-state index contributed by atoms with van der Waals surface area (Å²) in [5, 5.41) is 8.37. The maximum Gasteiger partial charge on any atom is 0.304 e. The van der Waals surface area contributed by atoms with E-state index in [0.717, 1.165) is 6.54 Å².